The first-order chi connectivity index (χ1) is 13.1. The number of hydrogen-bond acceptors (Lipinski definition) is 5. The molecule has 0 atom stereocenters. The lowest BCUT2D eigenvalue weighted by molar-refractivity contribution is 0.434. The summed E-state index contributed by atoms with van der Waals surface area (Å²) < 4.78 is 28.3. The van der Waals surface area contributed by atoms with Crippen LogP contribution in [0.1, 0.15) is 17.1 Å². The van der Waals surface area contributed by atoms with Gasteiger partial charge in [0.2, 0.25) is 5.88 Å². The maximum atomic E-state index is 13.8. The maximum absolute atomic E-state index is 13.8. The van der Waals surface area contributed by atoms with Crippen molar-refractivity contribution in [2.45, 2.75) is 17.1 Å². The lowest BCUT2D eigenvalue weighted by Gasteiger charge is -2.04. The van der Waals surface area contributed by atoms with Crippen LogP contribution >= 0.6 is 11.8 Å². The molecule has 4 rings (SSSR count). The van der Waals surface area contributed by atoms with E-state index in [2.05, 4.69) is 15.1 Å². The highest BCUT2D eigenvalue weighted by molar-refractivity contribution is 7.98. The number of halogens is 2. The second-order valence-corrected chi connectivity index (χ2v) is 6.87. The molecule has 0 radical (unpaired) electrons. The van der Waals surface area contributed by atoms with E-state index < -0.39 is 11.6 Å². The molecule has 5 nitrogen and oxygen atoms in total. The fraction of sp³-hybridized carbons (Fsp3) is 0.105. The van der Waals surface area contributed by atoms with Gasteiger partial charge in [0.05, 0.1) is 5.69 Å². The molecule has 0 spiro atoms. The van der Waals surface area contributed by atoms with E-state index in [0.29, 0.717) is 17.9 Å². The quantitative estimate of drug-likeness (QED) is 0.527. The van der Waals surface area contributed by atoms with Gasteiger partial charge in [-0.2, -0.15) is 9.50 Å². The molecular formula is C19H14F2N4OS. The van der Waals surface area contributed by atoms with Gasteiger partial charge in [0.15, 0.2) is 17.5 Å². The summed E-state index contributed by atoms with van der Waals surface area (Å²) in [5.74, 6) is -0.844. The molecule has 0 unspecified atom stereocenters. The van der Waals surface area contributed by atoms with Gasteiger partial charge in [0.1, 0.15) is 0 Å². The van der Waals surface area contributed by atoms with Crippen LogP contribution in [0.2, 0.25) is 0 Å². The number of aromatic nitrogens is 4. The van der Waals surface area contributed by atoms with Crippen molar-refractivity contribution in [2.75, 3.05) is 0 Å². The third-order valence-corrected chi connectivity index (χ3v) is 4.95. The van der Waals surface area contributed by atoms with Crippen LogP contribution < -0.4 is 0 Å². The minimum absolute atomic E-state index is 0.109. The lowest BCUT2D eigenvalue weighted by atomic mass is 10.1. The number of nitrogens with zero attached hydrogens (tertiary/aromatic N) is 4. The van der Waals surface area contributed by atoms with Gasteiger partial charge in [0.25, 0.3) is 5.78 Å². The molecule has 0 fully saturated rings. The zero-order valence-corrected chi connectivity index (χ0v) is 14.8. The van der Waals surface area contributed by atoms with Gasteiger partial charge >= 0.3 is 0 Å². The fourth-order valence-electron chi connectivity index (χ4n) is 2.62. The number of hydrogen-bond donors (Lipinski definition) is 1. The topological polar surface area (TPSA) is 63.3 Å². The predicted molar refractivity (Wildman–Crippen MR) is 97.6 cm³/mol. The summed E-state index contributed by atoms with van der Waals surface area (Å²) in [6.45, 7) is 0. The number of aromatic hydroxyl groups is 1. The summed E-state index contributed by atoms with van der Waals surface area (Å²) in [5, 5.41) is 14.5. The molecule has 8 heteroatoms. The van der Waals surface area contributed by atoms with Crippen molar-refractivity contribution in [3.63, 3.8) is 0 Å². The van der Waals surface area contributed by atoms with Crippen molar-refractivity contribution in [2.24, 2.45) is 0 Å². The molecule has 0 saturated heterocycles. The first kappa shape index (κ1) is 17.4. The Bertz CT molecular complexity index is 1100. The zero-order chi connectivity index (χ0) is 18.8. The predicted octanol–water partition coefficient (Wildman–Crippen LogP) is 3.99. The standard InChI is InChI=1S/C19H14F2N4OS/c20-14-7-4-8-15(18(14)21)27-11-13-10-17(26)25-19(22-13)23-16(24-25)9-12-5-2-1-3-6-12/h1-8,10,26H,9,11H2. The molecule has 27 heavy (non-hydrogen) atoms. The lowest BCUT2D eigenvalue weighted by Crippen LogP contribution is -1.97. The van der Waals surface area contributed by atoms with Crippen LogP contribution in [0.4, 0.5) is 8.78 Å². The van der Waals surface area contributed by atoms with Gasteiger partial charge in [-0.05, 0) is 17.7 Å². The van der Waals surface area contributed by atoms with Crippen LogP contribution in [0.25, 0.3) is 5.78 Å². The van der Waals surface area contributed by atoms with E-state index in [4.69, 9.17) is 0 Å². The Hall–Kier alpha value is -3.00. The Morgan fingerprint density at radius 3 is 2.63 bits per heavy atom. The summed E-state index contributed by atoms with van der Waals surface area (Å²) in [6.07, 6.45) is 0.516. The number of fused-ring (bicyclic) bond motifs is 1. The summed E-state index contributed by atoms with van der Waals surface area (Å²) in [4.78, 5) is 8.89. The smallest absolute Gasteiger partial charge is 0.255 e. The maximum Gasteiger partial charge on any atom is 0.255 e. The number of thioether (sulfide) groups is 1. The molecule has 1 N–H and O–H groups in total. The van der Waals surface area contributed by atoms with Gasteiger partial charge in [-0.15, -0.1) is 16.9 Å². The van der Waals surface area contributed by atoms with Crippen molar-refractivity contribution in [1.82, 2.24) is 19.6 Å². The number of benzene rings is 2. The van der Waals surface area contributed by atoms with Crippen LogP contribution in [0.5, 0.6) is 5.88 Å². The van der Waals surface area contributed by atoms with Crippen LogP contribution in [-0.2, 0) is 12.2 Å². The van der Waals surface area contributed by atoms with E-state index in [1.807, 2.05) is 30.3 Å². The van der Waals surface area contributed by atoms with Gasteiger partial charge in [0, 0.05) is 23.1 Å². The molecule has 0 aliphatic heterocycles. The molecule has 2 aromatic heterocycles. The monoisotopic (exact) mass is 384 g/mol. The Balaban J connectivity index is 1.57. The average Bonchev–Trinajstić information content (AvgIpc) is 3.07. The van der Waals surface area contributed by atoms with Gasteiger partial charge in [-0.1, -0.05) is 36.4 Å². The SMILES string of the molecule is Oc1cc(CSc2cccc(F)c2F)nc2nc(Cc3ccccc3)nn12. The van der Waals surface area contributed by atoms with E-state index in [9.17, 15) is 13.9 Å². The molecule has 2 aromatic carbocycles. The van der Waals surface area contributed by atoms with Crippen molar-refractivity contribution in [3.05, 3.63) is 83.3 Å². The van der Waals surface area contributed by atoms with E-state index >= 15 is 0 Å². The summed E-state index contributed by atoms with van der Waals surface area (Å²) >= 11 is 1.09. The molecule has 2 heterocycles. The zero-order valence-electron chi connectivity index (χ0n) is 14.0. The van der Waals surface area contributed by atoms with Crippen LogP contribution in [0.3, 0.4) is 0 Å². The average molecular weight is 384 g/mol. The van der Waals surface area contributed by atoms with Crippen molar-refractivity contribution in [3.8, 4) is 5.88 Å². The Morgan fingerprint density at radius 2 is 1.81 bits per heavy atom. The molecule has 0 aliphatic carbocycles. The van der Waals surface area contributed by atoms with E-state index in [0.717, 1.165) is 23.4 Å². The highest BCUT2D eigenvalue weighted by atomic mass is 32.2. The van der Waals surface area contributed by atoms with Crippen LogP contribution in [-0.4, -0.2) is 24.7 Å². The first-order valence-corrected chi connectivity index (χ1v) is 9.14. The summed E-state index contributed by atoms with van der Waals surface area (Å²) in [7, 11) is 0. The summed E-state index contributed by atoms with van der Waals surface area (Å²) in [6, 6.07) is 15.2. The molecule has 0 amide bonds. The van der Waals surface area contributed by atoms with Crippen molar-refractivity contribution < 1.29 is 13.9 Å². The number of rotatable bonds is 5. The van der Waals surface area contributed by atoms with Gasteiger partial charge < -0.3 is 5.11 Å². The molecule has 0 aliphatic rings. The van der Waals surface area contributed by atoms with E-state index in [1.165, 1.54) is 22.7 Å². The Labute approximate surface area is 157 Å². The third-order valence-electron chi connectivity index (χ3n) is 3.89. The van der Waals surface area contributed by atoms with Crippen molar-refractivity contribution >= 4 is 17.5 Å². The minimum atomic E-state index is -0.894. The highest BCUT2D eigenvalue weighted by Gasteiger charge is 2.13. The second-order valence-electron chi connectivity index (χ2n) is 5.85. The largest absolute Gasteiger partial charge is 0.493 e. The summed E-state index contributed by atoms with van der Waals surface area (Å²) in [5.41, 5.74) is 1.54. The van der Waals surface area contributed by atoms with Crippen LogP contribution in [0, 0.1) is 11.6 Å². The fourth-order valence-corrected chi connectivity index (χ4v) is 3.47. The molecule has 4 aromatic rings. The Kier molecular flexibility index (Phi) is 4.72. The Morgan fingerprint density at radius 1 is 1.00 bits per heavy atom. The third kappa shape index (κ3) is 3.75. The van der Waals surface area contributed by atoms with E-state index in [1.54, 1.807) is 0 Å². The minimum Gasteiger partial charge on any atom is -0.493 e. The van der Waals surface area contributed by atoms with Crippen molar-refractivity contribution in [1.29, 1.82) is 0 Å². The van der Waals surface area contributed by atoms with Gasteiger partial charge in [-0.3, -0.25) is 0 Å². The van der Waals surface area contributed by atoms with Crippen LogP contribution in [0.15, 0.2) is 59.5 Å². The van der Waals surface area contributed by atoms with Gasteiger partial charge in [-0.25, -0.2) is 13.8 Å². The normalized spacial score (nSPS) is 11.2. The van der Waals surface area contributed by atoms with E-state index in [-0.39, 0.29) is 22.3 Å². The second kappa shape index (κ2) is 7.32. The first-order valence-electron chi connectivity index (χ1n) is 8.15. The molecule has 136 valence electrons. The molecule has 0 saturated carbocycles. The molecule has 0 bridgehead atoms. The highest BCUT2D eigenvalue weighted by Crippen LogP contribution is 2.27. The molecular weight excluding hydrogens is 370 g/mol.